The minimum Gasteiger partial charge on any atom is -0.368 e. The number of rotatable bonds is 10. The molecule has 192 valence electrons. The van der Waals surface area contributed by atoms with Gasteiger partial charge in [0, 0.05) is 54.0 Å². The molecule has 4 rings (SSSR count). The molecule has 0 bridgehead atoms. The highest BCUT2D eigenvalue weighted by atomic mass is 16.2. The van der Waals surface area contributed by atoms with E-state index in [1.54, 1.807) is 12.4 Å². The summed E-state index contributed by atoms with van der Waals surface area (Å²) in [5.41, 5.74) is 8.80. The van der Waals surface area contributed by atoms with Crippen molar-refractivity contribution in [1.29, 1.82) is 0 Å². The van der Waals surface area contributed by atoms with Crippen LogP contribution in [-0.4, -0.2) is 51.7 Å². The first-order valence-corrected chi connectivity index (χ1v) is 12.0. The largest absolute Gasteiger partial charge is 0.368 e. The molecule has 0 aliphatic heterocycles. The van der Waals surface area contributed by atoms with Gasteiger partial charge in [-0.1, -0.05) is 36.4 Å². The van der Waals surface area contributed by atoms with E-state index in [9.17, 15) is 19.2 Å². The Morgan fingerprint density at radius 1 is 0.757 bits per heavy atom. The molecule has 0 saturated carbocycles. The highest BCUT2D eigenvalue weighted by Gasteiger charge is 2.29. The molecule has 10 heteroatoms. The van der Waals surface area contributed by atoms with Gasteiger partial charge in [-0.3, -0.25) is 19.2 Å². The molecule has 0 unspecified atom stereocenters. The number of benzene rings is 2. The van der Waals surface area contributed by atoms with E-state index in [1.807, 2.05) is 48.5 Å². The van der Waals surface area contributed by atoms with Gasteiger partial charge >= 0.3 is 0 Å². The van der Waals surface area contributed by atoms with Gasteiger partial charge in [0.2, 0.25) is 23.6 Å². The summed E-state index contributed by atoms with van der Waals surface area (Å²) in [6.07, 6.45) is 3.96. The zero-order valence-corrected chi connectivity index (χ0v) is 20.6. The van der Waals surface area contributed by atoms with E-state index >= 15 is 0 Å². The number of H-pyrrole nitrogens is 2. The minimum atomic E-state index is -1.02. The van der Waals surface area contributed by atoms with Gasteiger partial charge in [0.1, 0.15) is 18.1 Å². The van der Waals surface area contributed by atoms with Crippen molar-refractivity contribution in [1.82, 2.24) is 25.9 Å². The summed E-state index contributed by atoms with van der Waals surface area (Å²) >= 11 is 0. The Hall–Kier alpha value is -4.60. The molecule has 0 aliphatic rings. The summed E-state index contributed by atoms with van der Waals surface area (Å²) in [5.74, 6) is -2.15. The predicted molar refractivity (Wildman–Crippen MR) is 140 cm³/mol. The fourth-order valence-corrected chi connectivity index (χ4v) is 4.36. The molecular weight excluding hydrogens is 472 g/mol. The molecule has 4 aromatic rings. The highest BCUT2D eigenvalue weighted by Crippen LogP contribution is 2.21. The smallest absolute Gasteiger partial charge is 0.243 e. The van der Waals surface area contributed by atoms with Crippen molar-refractivity contribution in [3.8, 4) is 0 Å². The Bertz CT molecular complexity index is 1460. The van der Waals surface area contributed by atoms with Gasteiger partial charge in [0.05, 0.1) is 0 Å². The van der Waals surface area contributed by atoms with Crippen LogP contribution in [0.1, 0.15) is 25.0 Å². The van der Waals surface area contributed by atoms with Crippen LogP contribution in [0.5, 0.6) is 0 Å². The molecular formula is C27H30N6O4. The molecule has 0 fully saturated rings. The van der Waals surface area contributed by atoms with Gasteiger partial charge in [0.25, 0.3) is 0 Å². The lowest BCUT2D eigenvalue weighted by atomic mass is 10.0. The van der Waals surface area contributed by atoms with E-state index in [0.717, 1.165) is 32.9 Å². The molecule has 0 aliphatic carbocycles. The Labute approximate surface area is 213 Å². The second kappa shape index (κ2) is 11.0. The molecule has 0 radical (unpaired) electrons. The van der Waals surface area contributed by atoms with E-state index in [2.05, 4.69) is 25.9 Å². The maximum absolute atomic E-state index is 13.5. The zero-order valence-electron chi connectivity index (χ0n) is 20.6. The summed E-state index contributed by atoms with van der Waals surface area (Å²) in [7, 11) is 0. The molecule has 4 amide bonds. The van der Waals surface area contributed by atoms with Gasteiger partial charge in [-0.05, 0) is 30.2 Å². The third-order valence-corrected chi connectivity index (χ3v) is 6.31. The number of aromatic amines is 2. The summed E-state index contributed by atoms with van der Waals surface area (Å²) in [5, 5.41) is 9.90. The van der Waals surface area contributed by atoms with Crippen LogP contribution < -0.4 is 21.7 Å². The average Bonchev–Trinajstić information content (AvgIpc) is 3.47. The lowest BCUT2D eigenvalue weighted by Gasteiger charge is -2.24. The lowest BCUT2D eigenvalue weighted by Crippen LogP contribution is -2.56. The molecule has 3 atom stereocenters. The third-order valence-electron chi connectivity index (χ3n) is 6.31. The van der Waals surface area contributed by atoms with Crippen LogP contribution in [0.4, 0.5) is 0 Å². The number of nitrogens with two attached hydrogens (primary N) is 1. The normalized spacial score (nSPS) is 13.6. The molecule has 7 N–H and O–H groups in total. The Balaban J connectivity index is 1.59. The third kappa shape index (κ3) is 5.97. The maximum Gasteiger partial charge on any atom is 0.243 e. The number of nitrogens with one attached hydrogen (secondary N) is 5. The minimum absolute atomic E-state index is 0.160. The second-order valence-corrected chi connectivity index (χ2v) is 9.07. The van der Waals surface area contributed by atoms with Crippen LogP contribution in [0.25, 0.3) is 21.8 Å². The number of hydrogen-bond donors (Lipinski definition) is 6. The number of aromatic nitrogens is 2. The predicted octanol–water partition coefficient (Wildman–Crippen LogP) is 1.41. The van der Waals surface area contributed by atoms with Gasteiger partial charge in [-0.25, -0.2) is 0 Å². The van der Waals surface area contributed by atoms with E-state index in [4.69, 9.17) is 5.73 Å². The van der Waals surface area contributed by atoms with Gasteiger partial charge in [-0.2, -0.15) is 0 Å². The molecule has 10 nitrogen and oxygen atoms in total. The van der Waals surface area contributed by atoms with Crippen molar-refractivity contribution in [3.05, 3.63) is 72.1 Å². The quantitative estimate of drug-likeness (QED) is 0.193. The molecule has 2 aromatic heterocycles. The number of carbonyl (C=O) groups is 4. The van der Waals surface area contributed by atoms with Gasteiger partial charge < -0.3 is 31.7 Å². The zero-order chi connectivity index (χ0) is 26.5. The van der Waals surface area contributed by atoms with Crippen molar-refractivity contribution in [3.63, 3.8) is 0 Å². The molecule has 0 saturated heterocycles. The standard InChI is InChI=1S/C27H30N6O4/c1-15(25(28)35)31-26(36)24(12-18-14-30-22-10-6-4-8-20(18)22)33-27(37)23(32-16(2)34)11-17-13-29-21-9-5-3-7-19(17)21/h3-10,13-15,23-24,29-30H,11-12H2,1-2H3,(H2,28,35)(H,31,36)(H,32,34)(H,33,37)/t15-,23-,24-/m0/s1. The van der Waals surface area contributed by atoms with E-state index in [0.29, 0.717) is 0 Å². The van der Waals surface area contributed by atoms with Crippen LogP contribution in [0, 0.1) is 0 Å². The number of fused-ring (bicyclic) bond motifs is 2. The Morgan fingerprint density at radius 2 is 1.22 bits per heavy atom. The molecule has 0 spiro atoms. The number of amides is 4. The summed E-state index contributed by atoms with van der Waals surface area (Å²) in [6.45, 7) is 2.81. The lowest BCUT2D eigenvalue weighted by molar-refractivity contribution is -0.132. The number of carbonyl (C=O) groups excluding carboxylic acids is 4. The first kappa shape index (κ1) is 25.5. The SMILES string of the molecule is CC(=O)N[C@@H](Cc1c[nH]c2ccccc12)C(=O)N[C@@H](Cc1c[nH]c2ccccc12)C(=O)N[C@@H](C)C(N)=O. The van der Waals surface area contributed by atoms with Crippen LogP contribution >= 0.6 is 0 Å². The first-order valence-electron chi connectivity index (χ1n) is 12.0. The first-order chi connectivity index (χ1) is 17.7. The number of para-hydroxylation sites is 2. The van der Waals surface area contributed by atoms with Crippen molar-refractivity contribution in [2.75, 3.05) is 0 Å². The number of hydrogen-bond acceptors (Lipinski definition) is 4. The van der Waals surface area contributed by atoms with Crippen LogP contribution in [0.15, 0.2) is 60.9 Å². The van der Waals surface area contributed by atoms with E-state index < -0.39 is 35.8 Å². The van der Waals surface area contributed by atoms with Crippen LogP contribution in [0.2, 0.25) is 0 Å². The Kier molecular flexibility index (Phi) is 7.57. The van der Waals surface area contributed by atoms with Crippen LogP contribution in [-0.2, 0) is 32.0 Å². The highest BCUT2D eigenvalue weighted by molar-refractivity contribution is 5.95. The van der Waals surface area contributed by atoms with E-state index in [-0.39, 0.29) is 18.7 Å². The molecule has 37 heavy (non-hydrogen) atoms. The molecule has 2 heterocycles. The maximum atomic E-state index is 13.5. The molecule has 2 aromatic carbocycles. The second-order valence-electron chi connectivity index (χ2n) is 9.07. The fraction of sp³-hybridized carbons (Fsp3) is 0.259. The Morgan fingerprint density at radius 3 is 1.70 bits per heavy atom. The van der Waals surface area contributed by atoms with Crippen molar-refractivity contribution in [2.24, 2.45) is 5.73 Å². The average molecular weight is 503 g/mol. The summed E-state index contributed by atoms with van der Waals surface area (Å²) in [4.78, 5) is 56.4. The monoisotopic (exact) mass is 502 g/mol. The summed E-state index contributed by atoms with van der Waals surface area (Å²) < 4.78 is 0. The van der Waals surface area contributed by atoms with Crippen molar-refractivity contribution < 1.29 is 19.2 Å². The summed E-state index contributed by atoms with van der Waals surface area (Å²) in [6, 6.07) is 12.4. The van der Waals surface area contributed by atoms with Gasteiger partial charge in [0.15, 0.2) is 0 Å². The van der Waals surface area contributed by atoms with Crippen molar-refractivity contribution in [2.45, 2.75) is 44.8 Å². The van der Waals surface area contributed by atoms with Crippen molar-refractivity contribution >= 4 is 45.4 Å². The topological polar surface area (TPSA) is 162 Å². The fourth-order valence-electron chi connectivity index (χ4n) is 4.36. The van der Waals surface area contributed by atoms with Crippen LogP contribution in [0.3, 0.4) is 0 Å². The van der Waals surface area contributed by atoms with E-state index in [1.165, 1.54) is 13.8 Å². The van der Waals surface area contributed by atoms with Gasteiger partial charge in [-0.15, -0.1) is 0 Å². The number of primary amides is 1.